The highest BCUT2D eigenvalue weighted by Gasteiger charge is 2.40. The molecule has 3 N–H and O–H groups in total. The van der Waals surface area contributed by atoms with Crippen LogP contribution in [0.3, 0.4) is 0 Å². The number of hydrogen-bond donors (Lipinski definition) is 2. The first kappa shape index (κ1) is 13.6. The molecule has 1 saturated heterocycles. The maximum absolute atomic E-state index is 11.8. The molecule has 4 nitrogen and oxygen atoms in total. The summed E-state index contributed by atoms with van der Waals surface area (Å²) in [5, 5.41) is 0. The summed E-state index contributed by atoms with van der Waals surface area (Å²) in [6.07, 6.45) is 4.50. The zero-order valence-electron chi connectivity index (χ0n) is 11.8. The van der Waals surface area contributed by atoms with E-state index >= 15 is 0 Å². The molecule has 108 valence electrons. The van der Waals surface area contributed by atoms with Crippen molar-refractivity contribution in [1.29, 1.82) is 0 Å². The summed E-state index contributed by atoms with van der Waals surface area (Å²) in [5.41, 5.74) is 3.68. The molecule has 2 fully saturated rings. The lowest BCUT2D eigenvalue weighted by molar-refractivity contribution is -0.127. The number of likely N-dealkylation sites (tertiary alicyclic amines) is 1. The van der Waals surface area contributed by atoms with E-state index in [9.17, 15) is 4.79 Å². The van der Waals surface area contributed by atoms with Crippen molar-refractivity contribution in [3.8, 4) is 0 Å². The second-order valence-electron chi connectivity index (χ2n) is 6.09. The highest BCUT2D eigenvalue weighted by atomic mass is 16.2. The Labute approximate surface area is 120 Å². The van der Waals surface area contributed by atoms with Gasteiger partial charge in [-0.1, -0.05) is 30.3 Å². The van der Waals surface area contributed by atoms with Gasteiger partial charge in [0.25, 0.3) is 0 Å². The Morgan fingerprint density at radius 2 is 2.00 bits per heavy atom. The zero-order chi connectivity index (χ0) is 13.9. The summed E-state index contributed by atoms with van der Waals surface area (Å²) < 4.78 is 0. The third kappa shape index (κ3) is 3.02. The van der Waals surface area contributed by atoms with Gasteiger partial charge in [-0.2, -0.15) is 0 Å². The molecule has 4 heteroatoms. The van der Waals surface area contributed by atoms with E-state index in [1.165, 1.54) is 18.4 Å². The molecular formula is C16H23N3O. The summed E-state index contributed by atoms with van der Waals surface area (Å²) in [6.45, 7) is 1.99. The van der Waals surface area contributed by atoms with Crippen molar-refractivity contribution in [2.75, 3.05) is 6.54 Å². The molecular weight excluding hydrogens is 250 g/mol. The number of nitrogens with zero attached hydrogens (tertiary/aromatic N) is 1. The SMILES string of the molecule is NNC(=O)[C@@H]1CCN(Cc2ccccc2)[C@@H](C2CC2)C1. The van der Waals surface area contributed by atoms with Gasteiger partial charge in [-0.05, 0) is 43.7 Å². The second kappa shape index (κ2) is 5.94. The Morgan fingerprint density at radius 3 is 2.65 bits per heavy atom. The zero-order valence-corrected chi connectivity index (χ0v) is 11.8. The van der Waals surface area contributed by atoms with E-state index in [0.29, 0.717) is 6.04 Å². The first-order valence-electron chi connectivity index (χ1n) is 7.56. The molecule has 1 aliphatic carbocycles. The van der Waals surface area contributed by atoms with Crippen LogP contribution < -0.4 is 11.3 Å². The largest absolute Gasteiger partial charge is 0.296 e. The van der Waals surface area contributed by atoms with Crippen LogP contribution in [0.15, 0.2) is 30.3 Å². The molecule has 1 heterocycles. The number of piperidine rings is 1. The van der Waals surface area contributed by atoms with Gasteiger partial charge in [0, 0.05) is 18.5 Å². The molecule has 1 aromatic rings. The maximum Gasteiger partial charge on any atom is 0.237 e. The number of rotatable bonds is 4. The number of benzene rings is 1. The van der Waals surface area contributed by atoms with Crippen LogP contribution >= 0.6 is 0 Å². The van der Waals surface area contributed by atoms with E-state index in [-0.39, 0.29) is 11.8 Å². The summed E-state index contributed by atoms with van der Waals surface area (Å²) in [7, 11) is 0. The van der Waals surface area contributed by atoms with Crippen LogP contribution in [0.1, 0.15) is 31.2 Å². The van der Waals surface area contributed by atoms with Crippen molar-refractivity contribution in [2.24, 2.45) is 17.7 Å². The van der Waals surface area contributed by atoms with Crippen molar-refractivity contribution >= 4 is 5.91 Å². The fourth-order valence-electron chi connectivity index (χ4n) is 3.39. The van der Waals surface area contributed by atoms with Gasteiger partial charge in [0.15, 0.2) is 0 Å². The van der Waals surface area contributed by atoms with Gasteiger partial charge in [-0.3, -0.25) is 15.1 Å². The quantitative estimate of drug-likeness (QED) is 0.498. The van der Waals surface area contributed by atoms with Crippen LogP contribution in [-0.4, -0.2) is 23.4 Å². The van der Waals surface area contributed by atoms with Gasteiger partial charge < -0.3 is 0 Å². The van der Waals surface area contributed by atoms with E-state index < -0.39 is 0 Å². The predicted octanol–water partition coefficient (Wildman–Crippen LogP) is 1.67. The Kier molecular flexibility index (Phi) is 4.03. The van der Waals surface area contributed by atoms with Gasteiger partial charge in [0.2, 0.25) is 5.91 Å². The molecule has 0 unspecified atom stereocenters. The van der Waals surface area contributed by atoms with Crippen molar-refractivity contribution in [3.05, 3.63) is 35.9 Å². The molecule has 1 aliphatic heterocycles. The molecule has 0 aromatic heterocycles. The Hall–Kier alpha value is -1.39. The fourth-order valence-corrected chi connectivity index (χ4v) is 3.39. The third-order valence-electron chi connectivity index (χ3n) is 4.67. The Bertz CT molecular complexity index is 458. The molecule has 0 radical (unpaired) electrons. The molecule has 2 aliphatic rings. The summed E-state index contributed by atoms with van der Waals surface area (Å²) in [6, 6.07) is 11.2. The van der Waals surface area contributed by atoms with Crippen molar-refractivity contribution in [2.45, 2.75) is 38.3 Å². The smallest absolute Gasteiger partial charge is 0.237 e. The number of carbonyl (C=O) groups is 1. The van der Waals surface area contributed by atoms with Gasteiger partial charge in [0.1, 0.15) is 0 Å². The standard InChI is InChI=1S/C16H23N3O/c17-18-16(20)14-8-9-19(15(10-14)13-6-7-13)11-12-4-2-1-3-5-12/h1-5,13-15H,6-11,17H2,(H,18,20)/t14-,15-/m1/s1. The van der Waals surface area contributed by atoms with Crippen LogP contribution in [0.25, 0.3) is 0 Å². The number of amides is 1. The summed E-state index contributed by atoms with van der Waals surface area (Å²) >= 11 is 0. The lowest BCUT2D eigenvalue weighted by Crippen LogP contribution is -2.48. The minimum absolute atomic E-state index is 0.00927. The molecule has 1 aromatic carbocycles. The number of carbonyl (C=O) groups excluding carboxylic acids is 1. The Balaban J connectivity index is 1.67. The molecule has 20 heavy (non-hydrogen) atoms. The number of nitrogens with two attached hydrogens (primary N) is 1. The molecule has 0 bridgehead atoms. The predicted molar refractivity (Wildman–Crippen MR) is 78.4 cm³/mol. The number of hydrazine groups is 1. The van der Waals surface area contributed by atoms with Crippen LogP contribution in [-0.2, 0) is 11.3 Å². The highest BCUT2D eigenvalue weighted by molar-refractivity contribution is 5.78. The van der Waals surface area contributed by atoms with Crippen LogP contribution in [0.2, 0.25) is 0 Å². The maximum atomic E-state index is 11.8. The lowest BCUT2D eigenvalue weighted by Gasteiger charge is -2.39. The summed E-state index contributed by atoms with van der Waals surface area (Å²) in [5.74, 6) is 6.17. The highest BCUT2D eigenvalue weighted by Crippen LogP contribution is 2.41. The average molecular weight is 273 g/mol. The molecule has 1 amide bonds. The van der Waals surface area contributed by atoms with Gasteiger partial charge >= 0.3 is 0 Å². The van der Waals surface area contributed by atoms with Crippen LogP contribution in [0.5, 0.6) is 0 Å². The number of hydrogen-bond acceptors (Lipinski definition) is 3. The van der Waals surface area contributed by atoms with E-state index in [0.717, 1.165) is 31.8 Å². The minimum atomic E-state index is 0.00927. The second-order valence-corrected chi connectivity index (χ2v) is 6.09. The lowest BCUT2D eigenvalue weighted by atomic mass is 9.87. The van der Waals surface area contributed by atoms with Crippen molar-refractivity contribution in [1.82, 2.24) is 10.3 Å². The molecule has 0 spiro atoms. The summed E-state index contributed by atoms with van der Waals surface area (Å²) in [4.78, 5) is 14.3. The van der Waals surface area contributed by atoms with E-state index in [1.54, 1.807) is 0 Å². The van der Waals surface area contributed by atoms with Gasteiger partial charge in [-0.15, -0.1) is 0 Å². The fraction of sp³-hybridized carbons (Fsp3) is 0.562. The minimum Gasteiger partial charge on any atom is -0.296 e. The van der Waals surface area contributed by atoms with E-state index in [2.05, 4.69) is 40.7 Å². The average Bonchev–Trinajstić information content (AvgIpc) is 3.32. The molecule has 1 saturated carbocycles. The van der Waals surface area contributed by atoms with E-state index in [4.69, 9.17) is 5.84 Å². The first-order chi connectivity index (χ1) is 9.78. The van der Waals surface area contributed by atoms with Crippen molar-refractivity contribution in [3.63, 3.8) is 0 Å². The van der Waals surface area contributed by atoms with Gasteiger partial charge in [0.05, 0.1) is 0 Å². The van der Waals surface area contributed by atoms with Crippen LogP contribution in [0.4, 0.5) is 0 Å². The number of nitrogens with one attached hydrogen (secondary N) is 1. The van der Waals surface area contributed by atoms with Gasteiger partial charge in [-0.25, -0.2) is 5.84 Å². The third-order valence-corrected chi connectivity index (χ3v) is 4.67. The van der Waals surface area contributed by atoms with Crippen LogP contribution in [0, 0.1) is 11.8 Å². The van der Waals surface area contributed by atoms with E-state index in [1.807, 2.05) is 0 Å². The Morgan fingerprint density at radius 1 is 1.25 bits per heavy atom. The van der Waals surface area contributed by atoms with Crippen molar-refractivity contribution < 1.29 is 4.79 Å². The molecule has 2 atom stereocenters. The topological polar surface area (TPSA) is 58.4 Å². The molecule has 3 rings (SSSR count). The first-order valence-corrected chi connectivity index (χ1v) is 7.56. The monoisotopic (exact) mass is 273 g/mol. The normalized spacial score (nSPS) is 27.2.